The van der Waals surface area contributed by atoms with E-state index < -0.39 is 5.97 Å². The standard InChI is InChI=1S/C22H20BrNO4/c1-27-20-11-16(13-24-18-9-5-8-17(12-18)22(25)26)10-19(23)21(20)28-14-15-6-3-2-4-7-15/h2-12,24H,13-14H2,1H3,(H,25,26). The Morgan fingerprint density at radius 1 is 1.04 bits per heavy atom. The highest BCUT2D eigenvalue weighted by Gasteiger charge is 2.12. The van der Waals surface area contributed by atoms with E-state index in [1.807, 2.05) is 48.5 Å². The average molecular weight is 442 g/mol. The largest absolute Gasteiger partial charge is 0.493 e. The van der Waals surface area contributed by atoms with Gasteiger partial charge in [-0.25, -0.2) is 4.79 Å². The zero-order chi connectivity index (χ0) is 19.9. The Kier molecular flexibility index (Phi) is 6.55. The van der Waals surface area contributed by atoms with Crippen LogP contribution in [0.25, 0.3) is 0 Å². The van der Waals surface area contributed by atoms with Gasteiger partial charge in [-0.2, -0.15) is 0 Å². The SMILES string of the molecule is COc1cc(CNc2cccc(C(=O)O)c2)cc(Br)c1OCc1ccccc1. The van der Waals surface area contributed by atoms with Crippen molar-refractivity contribution < 1.29 is 19.4 Å². The summed E-state index contributed by atoms with van der Waals surface area (Å²) >= 11 is 3.56. The van der Waals surface area contributed by atoms with Gasteiger partial charge in [-0.15, -0.1) is 0 Å². The molecule has 0 bridgehead atoms. The van der Waals surface area contributed by atoms with Crippen LogP contribution >= 0.6 is 15.9 Å². The van der Waals surface area contributed by atoms with Gasteiger partial charge in [-0.1, -0.05) is 36.4 Å². The lowest BCUT2D eigenvalue weighted by Crippen LogP contribution is -2.04. The summed E-state index contributed by atoms with van der Waals surface area (Å²) in [4.78, 5) is 11.1. The number of benzene rings is 3. The van der Waals surface area contributed by atoms with E-state index in [2.05, 4.69) is 21.2 Å². The molecule has 0 unspecified atom stereocenters. The number of hydrogen-bond acceptors (Lipinski definition) is 4. The number of carbonyl (C=O) groups is 1. The Hall–Kier alpha value is -2.99. The van der Waals surface area contributed by atoms with Gasteiger partial charge in [0, 0.05) is 12.2 Å². The lowest BCUT2D eigenvalue weighted by Gasteiger charge is -2.15. The van der Waals surface area contributed by atoms with Gasteiger partial charge in [-0.05, 0) is 57.4 Å². The van der Waals surface area contributed by atoms with Gasteiger partial charge in [0.1, 0.15) is 6.61 Å². The molecular weight excluding hydrogens is 422 g/mol. The molecule has 0 aromatic heterocycles. The first-order valence-corrected chi connectivity index (χ1v) is 9.46. The van der Waals surface area contributed by atoms with Crippen molar-refractivity contribution in [1.29, 1.82) is 0 Å². The first-order chi connectivity index (χ1) is 13.6. The highest BCUT2D eigenvalue weighted by molar-refractivity contribution is 9.10. The molecule has 0 heterocycles. The topological polar surface area (TPSA) is 67.8 Å². The van der Waals surface area contributed by atoms with Gasteiger partial charge in [0.2, 0.25) is 0 Å². The van der Waals surface area contributed by atoms with E-state index in [0.717, 1.165) is 21.3 Å². The zero-order valence-corrected chi connectivity index (χ0v) is 16.9. The Morgan fingerprint density at radius 2 is 1.82 bits per heavy atom. The molecule has 3 aromatic carbocycles. The van der Waals surface area contributed by atoms with Gasteiger partial charge < -0.3 is 19.9 Å². The number of ether oxygens (including phenoxy) is 2. The Balaban J connectivity index is 1.72. The van der Waals surface area contributed by atoms with Crippen molar-refractivity contribution in [2.24, 2.45) is 0 Å². The lowest BCUT2D eigenvalue weighted by atomic mass is 10.1. The number of nitrogens with one attached hydrogen (secondary N) is 1. The molecule has 6 heteroatoms. The molecular formula is C22H20BrNO4. The quantitative estimate of drug-likeness (QED) is 0.493. The van der Waals surface area contributed by atoms with Crippen molar-refractivity contribution in [3.05, 3.63) is 87.9 Å². The van der Waals surface area contributed by atoms with Gasteiger partial charge in [-0.3, -0.25) is 0 Å². The van der Waals surface area contributed by atoms with E-state index in [-0.39, 0.29) is 5.56 Å². The number of aromatic carboxylic acids is 1. The normalized spacial score (nSPS) is 10.4. The number of halogens is 1. The fourth-order valence-electron chi connectivity index (χ4n) is 2.71. The van der Waals surface area contributed by atoms with Crippen molar-refractivity contribution in [3.63, 3.8) is 0 Å². The first kappa shape index (κ1) is 19.8. The summed E-state index contributed by atoms with van der Waals surface area (Å²) in [5.41, 5.74) is 3.02. The van der Waals surface area contributed by atoms with Crippen LogP contribution in [0.4, 0.5) is 5.69 Å². The molecule has 0 fully saturated rings. The molecule has 0 atom stereocenters. The molecule has 0 aliphatic heterocycles. The minimum Gasteiger partial charge on any atom is -0.493 e. The molecule has 3 rings (SSSR count). The third-order valence-electron chi connectivity index (χ3n) is 4.12. The molecule has 3 aromatic rings. The van der Waals surface area contributed by atoms with Crippen molar-refractivity contribution >= 4 is 27.6 Å². The molecule has 0 spiro atoms. The summed E-state index contributed by atoms with van der Waals surface area (Å²) in [5.74, 6) is 0.317. The predicted molar refractivity (Wildman–Crippen MR) is 112 cm³/mol. The van der Waals surface area contributed by atoms with Crippen LogP contribution in [0.2, 0.25) is 0 Å². The Morgan fingerprint density at radius 3 is 2.54 bits per heavy atom. The number of methoxy groups -OCH3 is 1. The van der Waals surface area contributed by atoms with Crippen LogP contribution in [0.5, 0.6) is 11.5 Å². The van der Waals surface area contributed by atoms with Crippen molar-refractivity contribution in [2.75, 3.05) is 12.4 Å². The second-order valence-corrected chi connectivity index (χ2v) is 6.98. The van der Waals surface area contributed by atoms with Gasteiger partial charge in [0.25, 0.3) is 0 Å². The number of rotatable bonds is 8. The molecule has 0 amide bonds. The maximum absolute atomic E-state index is 11.1. The Labute approximate surface area is 172 Å². The second kappa shape index (κ2) is 9.28. The minimum atomic E-state index is -0.951. The summed E-state index contributed by atoms with van der Waals surface area (Å²) in [6.45, 7) is 0.951. The number of anilines is 1. The van der Waals surface area contributed by atoms with Crippen molar-refractivity contribution in [3.8, 4) is 11.5 Å². The minimum absolute atomic E-state index is 0.244. The fraction of sp³-hybridized carbons (Fsp3) is 0.136. The smallest absolute Gasteiger partial charge is 0.335 e. The van der Waals surface area contributed by atoms with Gasteiger partial charge in [0.15, 0.2) is 11.5 Å². The summed E-state index contributed by atoms with van der Waals surface area (Å²) in [5, 5.41) is 12.3. The average Bonchev–Trinajstić information content (AvgIpc) is 2.72. The molecule has 2 N–H and O–H groups in total. The highest BCUT2D eigenvalue weighted by atomic mass is 79.9. The van der Waals surface area contributed by atoms with Gasteiger partial charge >= 0.3 is 5.97 Å². The van der Waals surface area contributed by atoms with E-state index in [1.165, 1.54) is 0 Å². The van der Waals surface area contributed by atoms with Gasteiger partial charge in [0.05, 0.1) is 17.1 Å². The van der Waals surface area contributed by atoms with Crippen LogP contribution in [-0.2, 0) is 13.2 Å². The van der Waals surface area contributed by atoms with E-state index in [0.29, 0.717) is 24.7 Å². The lowest BCUT2D eigenvalue weighted by molar-refractivity contribution is 0.0697. The fourth-order valence-corrected chi connectivity index (χ4v) is 3.32. The van der Waals surface area contributed by atoms with Crippen molar-refractivity contribution in [2.45, 2.75) is 13.2 Å². The van der Waals surface area contributed by atoms with E-state index in [9.17, 15) is 4.79 Å². The van der Waals surface area contributed by atoms with Crippen LogP contribution in [-0.4, -0.2) is 18.2 Å². The highest BCUT2D eigenvalue weighted by Crippen LogP contribution is 2.37. The van der Waals surface area contributed by atoms with Crippen LogP contribution in [0.15, 0.2) is 71.2 Å². The molecule has 5 nitrogen and oxygen atoms in total. The maximum Gasteiger partial charge on any atom is 0.335 e. The predicted octanol–water partition coefficient (Wildman–Crippen LogP) is 5.35. The summed E-state index contributed by atoms with van der Waals surface area (Å²) < 4.78 is 12.2. The van der Waals surface area contributed by atoms with Crippen LogP contribution in [0, 0.1) is 0 Å². The van der Waals surface area contributed by atoms with E-state index >= 15 is 0 Å². The third kappa shape index (κ3) is 5.04. The molecule has 0 saturated carbocycles. The molecule has 0 aliphatic carbocycles. The first-order valence-electron chi connectivity index (χ1n) is 8.67. The summed E-state index contributed by atoms with van der Waals surface area (Å²) in [6, 6.07) is 20.5. The second-order valence-electron chi connectivity index (χ2n) is 6.12. The molecule has 28 heavy (non-hydrogen) atoms. The molecule has 0 aliphatic rings. The van der Waals surface area contributed by atoms with Crippen LogP contribution in [0.1, 0.15) is 21.5 Å². The van der Waals surface area contributed by atoms with E-state index in [1.54, 1.807) is 25.3 Å². The number of hydrogen-bond donors (Lipinski definition) is 2. The zero-order valence-electron chi connectivity index (χ0n) is 15.3. The third-order valence-corrected chi connectivity index (χ3v) is 4.71. The molecule has 0 saturated heterocycles. The van der Waals surface area contributed by atoms with E-state index in [4.69, 9.17) is 14.6 Å². The number of carboxylic acid groups (broad SMARTS) is 1. The number of carboxylic acids is 1. The maximum atomic E-state index is 11.1. The summed E-state index contributed by atoms with van der Waals surface area (Å²) in [6.07, 6.45) is 0. The Bertz CT molecular complexity index is 960. The molecule has 0 radical (unpaired) electrons. The van der Waals surface area contributed by atoms with Crippen molar-refractivity contribution in [1.82, 2.24) is 0 Å². The van der Waals surface area contributed by atoms with Crippen LogP contribution in [0.3, 0.4) is 0 Å². The summed E-state index contributed by atoms with van der Waals surface area (Å²) in [7, 11) is 1.60. The van der Waals surface area contributed by atoms with Crippen LogP contribution < -0.4 is 14.8 Å². The molecule has 144 valence electrons. The monoisotopic (exact) mass is 441 g/mol.